The summed E-state index contributed by atoms with van der Waals surface area (Å²) < 4.78 is 5.38. The van der Waals surface area contributed by atoms with Crippen LogP contribution in [0.2, 0.25) is 0 Å². The van der Waals surface area contributed by atoms with E-state index in [-0.39, 0.29) is 18.8 Å². The summed E-state index contributed by atoms with van der Waals surface area (Å²) >= 11 is 1.54. The van der Waals surface area contributed by atoms with Crippen molar-refractivity contribution in [2.45, 2.75) is 51.4 Å². The van der Waals surface area contributed by atoms with Gasteiger partial charge in [0.25, 0.3) is 0 Å². The minimum Gasteiger partial charge on any atom is -0.508 e. The fourth-order valence-electron chi connectivity index (χ4n) is 3.62. The molecule has 200 valence electrons. The van der Waals surface area contributed by atoms with E-state index in [1.54, 1.807) is 44.7 Å². The first-order valence-electron chi connectivity index (χ1n) is 12.1. The van der Waals surface area contributed by atoms with Crippen LogP contribution in [0.3, 0.4) is 0 Å². The molecule has 2 rings (SSSR count). The van der Waals surface area contributed by atoms with Crippen LogP contribution >= 0.6 is 11.8 Å². The van der Waals surface area contributed by atoms with Crippen LogP contribution in [-0.2, 0) is 20.9 Å². The monoisotopic (exact) mass is 527 g/mol. The van der Waals surface area contributed by atoms with E-state index in [1.807, 2.05) is 36.6 Å². The number of aromatic hydroxyl groups is 1. The van der Waals surface area contributed by atoms with Gasteiger partial charge < -0.3 is 25.4 Å². The number of nitrogens with one attached hydrogen (secondary N) is 2. The highest BCUT2D eigenvalue weighted by Gasteiger charge is 2.35. The molecular weight excluding hydrogens is 490 g/mol. The molecule has 0 fully saturated rings. The molecule has 0 heterocycles. The number of thioether (sulfide) groups is 1. The maximum absolute atomic E-state index is 13.9. The Hall–Kier alpha value is -3.46. The Kier molecular flexibility index (Phi) is 11.5. The quantitative estimate of drug-likeness (QED) is 0.353. The van der Waals surface area contributed by atoms with Crippen molar-refractivity contribution < 1.29 is 24.2 Å². The number of benzene rings is 2. The number of phenolic OH excluding ortho intramolecular Hbond substituents is 1. The van der Waals surface area contributed by atoms with Gasteiger partial charge >= 0.3 is 6.09 Å². The van der Waals surface area contributed by atoms with Crippen molar-refractivity contribution in [3.05, 3.63) is 78.4 Å². The summed E-state index contributed by atoms with van der Waals surface area (Å²) in [5.41, 5.74) is 0.690. The van der Waals surface area contributed by atoms with E-state index in [1.165, 1.54) is 23.1 Å². The zero-order chi connectivity index (χ0) is 27.4. The molecule has 0 aliphatic heterocycles. The highest BCUT2D eigenvalue weighted by Crippen LogP contribution is 2.25. The van der Waals surface area contributed by atoms with E-state index in [2.05, 4.69) is 17.2 Å². The second kappa shape index (κ2) is 14.3. The molecule has 2 unspecified atom stereocenters. The summed E-state index contributed by atoms with van der Waals surface area (Å²) in [7, 11) is 0. The number of ether oxygens (including phenoxy) is 1. The molecule has 2 atom stereocenters. The third-order valence-electron chi connectivity index (χ3n) is 5.29. The molecule has 2 aromatic rings. The van der Waals surface area contributed by atoms with E-state index in [0.717, 1.165) is 5.56 Å². The fourth-order valence-corrected chi connectivity index (χ4v) is 4.09. The third kappa shape index (κ3) is 9.84. The van der Waals surface area contributed by atoms with Crippen LogP contribution in [0.4, 0.5) is 4.79 Å². The van der Waals surface area contributed by atoms with Crippen LogP contribution in [0, 0.1) is 0 Å². The number of hydrogen-bond donors (Lipinski definition) is 3. The summed E-state index contributed by atoms with van der Waals surface area (Å²) in [6.07, 6.45) is 3.09. The van der Waals surface area contributed by atoms with Crippen LogP contribution in [0.5, 0.6) is 5.75 Å². The van der Waals surface area contributed by atoms with Crippen molar-refractivity contribution in [1.29, 1.82) is 0 Å². The molecule has 2 aromatic carbocycles. The van der Waals surface area contributed by atoms with E-state index >= 15 is 0 Å². The van der Waals surface area contributed by atoms with Crippen LogP contribution in [0.1, 0.15) is 44.4 Å². The standard InChI is InChI=1S/C28H37N3O5S/c1-6-17-31(26(34)23(16-18-37-5)30-27(35)36-28(2,3)4)24(21-12-14-22(32)15-13-21)25(33)29-19-20-10-8-7-9-11-20/h6-15,23-24,32H,1,16-19H2,2-5H3,(H,29,33)(H,30,35). The topological polar surface area (TPSA) is 108 Å². The number of amides is 3. The summed E-state index contributed by atoms with van der Waals surface area (Å²) in [5.74, 6) is -0.185. The number of carbonyl (C=O) groups excluding carboxylic acids is 3. The highest BCUT2D eigenvalue weighted by atomic mass is 32.2. The lowest BCUT2D eigenvalue weighted by Gasteiger charge is -2.34. The number of nitrogens with zero attached hydrogens (tertiary/aromatic N) is 1. The molecule has 0 aliphatic carbocycles. The van der Waals surface area contributed by atoms with Gasteiger partial charge in [-0.2, -0.15) is 11.8 Å². The van der Waals surface area contributed by atoms with Gasteiger partial charge in [-0.15, -0.1) is 6.58 Å². The summed E-state index contributed by atoms with van der Waals surface area (Å²) in [6.45, 7) is 9.34. The van der Waals surface area contributed by atoms with Crippen LogP contribution < -0.4 is 10.6 Å². The first-order chi connectivity index (χ1) is 17.6. The Bertz CT molecular complexity index is 1040. The van der Waals surface area contributed by atoms with Crippen molar-refractivity contribution >= 4 is 29.7 Å². The smallest absolute Gasteiger partial charge is 0.408 e. The Labute approximate surface area is 223 Å². The van der Waals surface area contributed by atoms with Gasteiger partial charge in [-0.1, -0.05) is 48.5 Å². The van der Waals surface area contributed by atoms with Gasteiger partial charge in [0, 0.05) is 13.1 Å². The molecule has 0 saturated carbocycles. The predicted molar refractivity (Wildman–Crippen MR) is 147 cm³/mol. The Morgan fingerprint density at radius 1 is 1.11 bits per heavy atom. The molecule has 8 nitrogen and oxygen atoms in total. The minimum absolute atomic E-state index is 0.0400. The molecule has 0 aromatic heterocycles. The number of rotatable bonds is 12. The normalized spacial score (nSPS) is 12.6. The Morgan fingerprint density at radius 3 is 2.32 bits per heavy atom. The molecular formula is C28H37N3O5S. The van der Waals surface area contributed by atoms with Crippen molar-refractivity contribution in [2.75, 3.05) is 18.6 Å². The van der Waals surface area contributed by atoms with Crippen LogP contribution in [0.15, 0.2) is 67.3 Å². The summed E-state index contributed by atoms with van der Waals surface area (Å²) in [6, 6.07) is 13.6. The lowest BCUT2D eigenvalue weighted by atomic mass is 10.0. The van der Waals surface area contributed by atoms with Crippen LogP contribution in [-0.4, -0.2) is 58.1 Å². The average molecular weight is 528 g/mol. The van der Waals surface area contributed by atoms with Crippen molar-refractivity contribution in [3.63, 3.8) is 0 Å². The fraction of sp³-hybridized carbons (Fsp3) is 0.393. The zero-order valence-electron chi connectivity index (χ0n) is 21.9. The molecule has 37 heavy (non-hydrogen) atoms. The van der Waals surface area contributed by atoms with Crippen molar-refractivity contribution in [2.24, 2.45) is 0 Å². The molecule has 3 N–H and O–H groups in total. The van der Waals surface area contributed by atoms with Gasteiger partial charge in [0.05, 0.1) is 0 Å². The third-order valence-corrected chi connectivity index (χ3v) is 5.93. The second-order valence-corrected chi connectivity index (χ2v) is 10.4. The minimum atomic E-state index is -1.02. The summed E-state index contributed by atoms with van der Waals surface area (Å²) in [4.78, 5) is 41.4. The molecule has 0 aliphatic rings. The maximum Gasteiger partial charge on any atom is 0.408 e. The lowest BCUT2D eigenvalue weighted by molar-refractivity contribution is -0.142. The van der Waals surface area contributed by atoms with Crippen molar-refractivity contribution in [3.8, 4) is 5.75 Å². The predicted octanol–water partition coefficient (Wildman–Crippen LogP) is 4.41. The molecule has 0 saturated heterocycles. The van der Waals surface area contributed by atoms with Gasteiger partial charge in [-0.25, -0.2) is 4.79 Å². The average Bonchev–Trinajstić information content (AvgIpc) is 2.85. The second-order valence-electron chi connectivity index (χ2n) is 9.46. The van der Waals surface area contributed by atoms with Gasteiger partial charge in [0.2, 0.25) is 11.8 Å². The first kappa shape index (κ1) is 29.8. The maximum atomic E-state index is 13.9. The number of alkyl carbamates (subject to hydrolysis) is 1. The number of hydrogen-bond acceptors (Lipinski definition) is 6. The molecule has 3 amide bonds. The van der Waals surface area contributed by atoms with E-state index in [4.69, 9.17) is 4.74 Å². The Morgan fingerprint density at radius 2 is 1.76 bits per heavy atom. The molecule has 0 radical (unpaired) electrons. The SMILES string of the molecule is C=CCN(C(=O)C(CCSC)NC(=O)OC(C)(C)C)C(C(=O)NCc1ccccc1)c1ccc(O)cc1. The van der Waals surface area contributed by atoms with Gasteiger partial charge in [-0.05, 0) is 62.5 Å². The summed E-state index contributed by atoms with van der Waals surface area (Å²) in [5, 5.41) is 15.4. The highest BCUT2D eigenvalue weighted by molar-refractivity contribution is 7.98. The molecule has 0 bridgehead atoms. The molecule has 9 heteroatoms. The van der Waals surface area contributed by atoms with Gasteiger partial charge in [-0.3, -0.25) is 9.59 Å². The number of carbonyl (C=O) groups is 3. The number of phenols is 1. The lowest BCUT2D eigenvalue weighted by Crippen LogP contribution is -2.53. The van der Waals surface area contributed by atoms with Gasteiger partial charge in [0.15, 0.2) is 0 Å². The van der Waals surface area contributed by atoms with Crippen LogP contribution in [0.25, 0.3) is 0 Å². The van der Waals surface area contributed by atoms with Crippen molar-refractivity contribution in [1.82, 2.24) is 15.5 Å². The van der Waals surface area contributed by atoms with Gasteiger partial charge in [0.1, 0.15) is 23.4 Å². The molecule has 0 spiro atoms. The largest absolute Gasteiger partial charge is 0.508 e. The first-order valence-corrected chi connectivity index (χ1v) is 13.5. The zero-order valence-corrected chi connectivity index (χ0v) is 22.7. The van der Waals surface area contributed by atoms with E-state index < -0.39 is 35.6 Å². The Balaban J connectivity index is 2.39. The van der Waals surface area contributed by atoms with E-state index in [0.29, 0.717) is 17.7 Å². The van der Waals surface area contributed by atoms with E-state index in [9.17, 15) is 19.5 Å².